The molecule has 2 rings (SSSR count). The third-order valence-electron chi connectivity index (χ3n) is 2.62. The number of nitrogens with zero attached hydrogens (tertiary/aromatic N) is 1. The van der Waals surface area contributed by atoms with Crippen molar-refractivity contribution in [3.63, 3.8) is 0 Å². The Balaban J connectivity index is 2.21. The van der Waals surface area contributed by atoms with Gasteiger partial charge < -0.3 is 11.1 Å². The molecule has 3 nitrogen and oxygen atoms in total. The normalized spacial score (nSPS) is 12.2. The molecule has 1 aromatic carbocycles. The molecule has 3 N–H and O–H groups in total. The van der Waals surface area contributed by atoms with Gasteiger partial charge in [0.2, 0.25) is 0 Å². The summed E-state index contributed by atoms with van der Waals surface area (Å²) in [5.74, 6) is 0.800. The highest BCUT2D eigenvalue weighted by Crippen LogP contribution is 2.28. The molecule has 0 radical (unpaired) electrons. The van der Waals surface area contributed by atoms with Gasteiger partial charge in [-0.2, -0.15) is 0 Å². The van der Waals surface area contributed by atoms with Gasteiger partial charge in [-0.3, -0.25) is 0 Å². The Labute approximate surface area is 123 Å². The zero-order valence-electron chi connectivity index (χ0n) is 9.82. The topological polar surface area (TPSA) is 50.9 Å². The molecule has 0 bridgehead atoms. The number of nitrogen functional groups attached to an aromatic ring is 1. The smallest absolute Gasteiger partial charge is 0.140 e. The molecule has 0 aliphatic carbocycles. The summed E-state index contributed by atoms with van der Waals surface area (Å²) in [6.45, 7) is 2.06. The minimum absolute atomic E-state index is 0.0937. The Bertz CT molecular complexity index is 558. The molecular formula is C13H13Br2N3. The van der Waals surface area contributed by atoms with E-state index in [4.69, 9.17) is 5.73 Å². The number of nitrogens with one attached hydrogen (secondary N) is 1. The fourth-order valence-electron chi connectivity index (χ4n) is 1.71. The van der Waals surface area contributed by atoms with Crippen LogP contribution in [0, 0.1) is 0 Å². The number of hydrogen-bond donors (Lipinski definition) is 2. The van der Waals surface area contributed by atoms with E-state index < -0.39 is 0 Å². The van der Waals surface area contributed by atoms with Gasteiger partial charge >= 0.3 is 0 Å². The summed E-state index contributed by atoms with van der Waals surface area (Å²) in [5.41, 5.74) is 7.80. The molecule has 0 saturated carbocycles. The second-order valence-corrected chi connectivity index (χ2v) is 5.75. The van der Waals surface area contributed by atoms with E-state index in [9.17, 15) is 0 Å². The number of para-hydroxylation sites is 1. The van der Waals surface area contributed by atoms with Crippen molar-refractivity contribution in [1.29, 1.82) is 0 Å². The minimum atomic E-state index is 0.0937. The number of aromatic nitrogens is 1. The number of halogens is 2. The summed E-state index contributed by atoms with van der Waals surface area (Å²) in [5, 5.41) is 3.34. The lowest BCUT2D eigenvalue weighted by Crippen LogP contribution is -2.10. The van der Waals surface area contributed by atoms with Crippen LogP contribution in [0.5, 0.6) is 0 Å². The molecule has 94 valence electrons. The first-order valence-electron chi connectivity index (χ1n) is 5.50. The summed E-state index contributed by atoms with van der Waals surface area (Å²) in [4.78, 5) is 4.33. The standard InChI is InChI=1S/C13H13Br2N3/c1-8(10-4-2-3-5-12(10)16)18-13-11(15)6-9(14)7-17-13/h2-8H,16H2,1H3,(H,17,18). The second kappa shape index (κ2) is 5.71. The zero-order valence-corrected chi connectivity index (χ0v) is 13.0. The monoisotopic (exact) mass is 369 g/mol. The van der Waals surface area contributed by atoms with E-state index in [-0.39, 0.29) is 6.04 Å². The number of nitrogens with two attached hydrogens (primary N) is 1. The molecule has 0 amide bonds. The van der Waals surface area contributed by atoms with E-state index in [1.54, 1.807) is 6.20 Å². The predicted octanol–water partition coefficient (Wildman–Crippen LogP) is 4.36. The number of anilines is 2. The fourth-order valence-corrected chi connectivity index (χ4v) is 2.81. The van der Waals surface area contributed by atoms with Gasteiger partial charge in [0.1, 0.15) is 5.82 Å². The van der Waals surface area contributed by atoms with E-state index in [0.717, 1.165) is 26.0 Å². The lowest BCUT2D eigenvalue weighted by Gasteiger charge is -2.17. The van der Waals surface area contributed by atoms with Crippen LogP contribution < -0.4 is 11.1 Å². The van der Waals surface area contributed by atoms with Crippen LogP contribution in [-0.2, 0) is 0 Å². The molecule has 0 saturated heterocycles. The predicted molar refractivity (Wildman–Crippen MR) is 82.5 cm³/mol. The van der Waals surface area contributed by atoms with Crippen molar-refractivity contribution in [3.05, 3.63) is 51.0 Å². The van der Waals surface area contributed by atoms with Gasteiger partial charge in [0.15, 0.2) is 0 Å². The van der Waals surface area contributed by atoms with E-state index >= 15 is 0 Å². The number of rotatable bonds is 3. The van der Waals surface area contributed by atoms with Gasteiger partial charge in [-0.15, -0.1) is 0 Å². The summed E-state index contributed by atoms with van der Waals surface area (Å²) in [6.07, 6.45) is 1.76. The van der Waals surface area contributed by atoms with Gasteiger partial charge in [0.25, 0.3) is 0 Å². The first-order valence-corrected chi connectivity index (χ1v) is 7.08. The van der Waals surface area contributed by atoms with Crippen molar-refractivity contribution in [2.75, 3.05) is 11.1 Å². The first-order chi connectivity index (χ1) is 8.58. The summed E-state index contributed by atoms with van der Waals surface area (Å²) in [6, 6.07) is 9.87. The number of benzene rings is 1. The molecule has 18 heavy (non-hydrogen) atoms. The SMILES string of the molecule is CC(Nc1ncc(Br)cc1Br)c1ccccc1N. The average Bonchev–Trinajstić information content (AvgIpc) is 2.33. The molecule has 2 aromatic rings. The molecule has 1 unspecified atom stereocenters. The van der Waals surface area contributed by atoms with Crippen LogP contribution in [0.15, 0.2) is 45.5 Å². The number of pyridine rings is 1. The molecule has 1 atom stereocenters. The second-order valence-electron chi connectivity index (χ2n) is 3.98. The molecule has 0 aliphatic heterocycles. The zero-order chi connectivity index (χ0) is 13.1. The van der Waals surface area contributed by atoms with Crippen LogP contribution in [0.3, 0.4) is 0 Å². The maximum atomic E-state index is 5.96. The van der Waals surface area contributed by atoms with E-state index in [0.29, 0.717) is 0 Å². The average molecular weight is 371 g/mol. The van der Waals surface area contributed by atoms with Crippen LogP contribution in [0.1, 0.15) is 18.5 Å². The van der Waals surface area contributed by atoms with Crippen LogP contribution in [0.2, 0.25) is 0 Å². The van der Waals surface area contributed by atoms with Gasteiger partial charge in [0, 0.05) is 16.4 Å². The van der Waals surface area contributed by atoms with Gasteiger partial charge in [-0.1, -0.05) is 18.2 Å². The minimum Gasteiger partial charge on any atom is -0.398 e. The highest BCUT2D eigenvalue weighted by molar-refractivity contribution is 9.11. The van der Waals surface area contributed by atoms with Crippen molar-refractivity contribution < 1.29 is 0 Å². The molecule has 0 aliphatic rings. The highest BCUT2D eigenvalue weighted by Gasteiger charge is 2.10. The van der Waals surface area contributed by atoms with Crippen LogP contribution >= 0.6 is 31.9 Å². The van der Waals surface area contributed by atoms with Crippen molar-refractivity contribution in [2.24, 2.45) is 0 Å². The molecule has 0 fully saturated rings. The van der Waals surface area contributed by atoms with E-state index in [2.05, 4.69) is 49.1 Å². The lowest BCUT2D eigenvalue weighted by atomic mass is 10.1. The molecule has 5 heteroatoms. The van der Waals surface area contributed by atoms with Gasteiger partial charge in [0.05, 0.1) is 10.5 Å². The molecular weight excluding hydrogens is 358 g/mol. The number of hydrogen-bond acceptors (Lipinski definition) is 3. The third-order valence-corrected chi connectivity index (χ3v) is 3.66. The maximum Gasteiger partial charge on any atom is 0.140 e. The van der Waals surface area contributed by atoms with Crippen molar-refractivity contribution >= 4 is 43.4 Å². The van der Waals surface area contributed by atoms with Crippen LogP contribution in [-0.4, -0.2) is 4.98 Å². The summed E-state index contributed by atoms with van der Waals surface area (Å²) in [7, 11) is 0. The summed E-state index contributed by atoms with van der Waals surface area (Å²) >= 11 is 6.86. The van der Waals surface area contributed by atoms with Crippen molar-refractivity contribution in [1.82, 2.24) is 4.98 Å². The quantitative estimate of drug-likeness (QED) is 0.789. The van der Waals surface area contributed by atoms with Crippen molar-refractivity contribution in [2.45, 2.75) is 13.0 Å². The third kappa shape index (κ3) is 3.03. The Morgan fingerprint density at radius 3 is 2.67 bits per heavy atom. The fraction of sp³-hybridized carbons (Fsp3) is 0.154. The first kappa shape index (κ1) is 13.4. The Hall–Kier alpha value is -1.07. The van der Waals surface area contributed by atoms with E-state index in [1.165, 1.54) is 0 Å². The largest absolute Gasteiger partial charge is 0.398 e. The van der Waals surface area contributed by atoms with Gasteiger partial charge in [-0.05, 0) is 56.5 Å². The molecule has 1 aromatic heterocycles. The lowest BCUT2D eigenvalue weighted by molar-refractivity contribution is 0.876. The van der Waals surface area contributed by atoms with Crippen LogP contribution in [0.25, 0.3) is 0 Å². The van der Waals surface area contributed by atoms with Crippen molar-refractivity contribution in [3.8, 4) is 0 Å². The van der Waals surface area contributed by atoms with E-state index in [1.807, 2.05) is 30.3 Å². The Morgan fingerprint density at radius 2 is 2.00 bits per heavy atom. The van der Waals surface area contributed by atoms with Crippen LogP contribution in [0.4, 0.5) is 11.5 Å². The summed E-state index contributed by atoms with van der Waals surface area (Å²) < 4.78 is 1.85. The Morgan fingerprint density at radius 1 is 1.28 bits per heavy atom. The maximum absolute atomic E-state index is 5.96. The van der Waals surface area contributed by atoms with Gasteiger partial charge in [-0.25, -0.2) is 4.98 Å². The molecule has 0 spiro atoms. The highest BCUT2D eigenvalue weighted by atomic mass is 79.9. The Kier molecular flexibility index (Phi) is 4.24. The molecule has 1 heterocycles.